The van der Waals surface area contributed by atoms with Gasteiger partial charge < -0.3 is 15.0 Å². The van der Waals surface area contributed by atoms with Gasteiger partial charge in [-0.25, -0.2) is 0 Å². The summed E-state index contributed by atoms with van der Waals surface area (Å²) in [6.07, 6.45) is 0.901. The lowest BCUT2D eigenvalue weighted by Crippen LogP contribution is -2.28. The molecule has 0 bridgehead atoms. The van der Waals surface area contributed by atoms with Gasteiger partial charge in [-0.1, -0.05) is 18.2 Å². The maximum atomic E-state index is 12.6. The second kappa shape index (κ2) is 7.32. The van der Waals surface area contributed by atoms with Crippen LogP contribution in [0.1, 0.15) is 34.5 Å². The van der Waals surface area contributed by atoms with Gasteiger partial charge in [-0.3, -0.25) is 9.59 Å². The zero-order chi connectivity index (χ0) is 17.1. The zero-order valence-electron chi connectivity index (χ0n) is 14.0. The molecule has 1 aromatic heterocycles. The normalized spacial score (nSPS) is 17.4. The van der Waals surface area contributed by atoms with Crippen LogP contribution in [0.5, 0.6) is 0 Å². The van der Waals surface area contributed by atoms with Gasteiger partial charge in [0.25, 0.3) is 5.91 Å². The van der Waals surface area contributed by atoms with E-state index < -0.39 is 0 Å². The van der Waals surface area contributed by atoms with E-state index in [4.69, 9.17) is 4.74 Å². The summed E-state index contributed by atoms with van der Waals surface area (Å²) in [6, 6.07) is 8.12. The second-order valence-electron chi connectivity index (χ2n) is 6.04. The molecule has 0 spiro atoms. The molecule has 2 heterocycles. The Morgan fingerprint density at radius 2 is 2.17 bits per heavy atom. The molecule has 24 heavy (non-hydrogen) atoms. The third kappa shape index (κ3) is 3.30. The van der Waals surface area contributed by atoms with Crippen molar-refractivity contribution in [3.63, 3.8) is 0 Å². The lowest BCUT2D eigenvalue weighted by atomic mass is 9.95. The Balaban J connectivity index is 1.94. The summed E-state index contributed by atoms with van der Waals surface area (Å²) in [4.78, 5) is 26.9. The number of amides is 2. The number of nitrogens with zero attached hydrogens (tertiary/aromatic N) is 1. The first kappa shape index (κ1) is 16.9. The third-order valence-electron chi connectivity index (χ3n) is 4.47. The van der Waals surface area contributed by atoms with Crippen LogP contribution in [-0.4, -0.2) is 50.1 Å². The van der Waals surface area contributed by atoms with Crippen LogP contribution >= 0.6 is 11.3 Å². The molecule has 1 fully saturated rings. The molecule has 1 aromatic carbocycles. The second-order valence-corrected chi connectivity index (χ2v) is 7.09. The first-order valence-electron chi connectivity index (χ1n) is 8.16. The fourth-order valence-electron chi connectivity index (χ4n) is 3.27. The van der Waals surface area contributed by atoms with E-state index in [2.05, 4.69) is 11.4 Å². The number of hydrogen-bond acceptors (Lipinski definition) is 4. The van der Waals surface area contributed by atoms with Gasteiger partial charge in [-0.2, -0.15) is 0 Å². The van der Waals surface area contributed by atoms with Gasteiger partial charge in [0.1, 0.15) is 0 Å². The van der Waals surface area contributed by atoms with Crippen LogP contribution in [-0.2, 0) is 9.53 Å². The van der Waals surface area contributed by atoms with E-state index in [0.717, 1.165) is 33.5 Å². The Bertz CT molecular complexity index is 756. The molecular formula is C18H22N2O3S. The molecule has 1 N–H and O–H groups in total. The summed E-state index contributed by atoms with van der Waals surface area (Å²) < 4.78 is 6.12. The van der Waals surface area contributed by atoms with Crippen LogP contribution in [0.3, 0.4) is 0 Å². The lowest BCUT2D eigenvalue weighted by molar-refractivity contribution is -0.127. The van der Waals surface area contributed by atoms with Crippen molar-refractivity contribution in [2.45, 2.75) is 19.3 Å². The SMILES string of the molecule is COCCNC(=O)c1sc2ccccc2c1C1CCN(C(C)=O)C1. The molecular weight excluding hydrogens is 324 g/mol. The number of thiophene rings is 1. The molecule has 3 rings (SSSR count). The predicted octanol–water partition coefficient (Wildman–Crippen LogP) is 2.61. The van der Waals surface area contributed by atoms with Crippen LogP contribution in [0.4, 0.5) is 0 Å². The van der Waals surface area contributed by atoms with Gasteiger partial charge in [0.2, 0.25) is 5.91 Å². The highest BCUT2D eigenvalue weighted by Gasteiger charge is 2.31. The van der Waals surface area contributed by atoms with Crippen LogP contribution in [0.15, 0.2) is 24.3 Å². The van der Waals surface area contributed by atoms with E-state index >= 15 is 0 Å². The molecule has 2 aromatic rings. The zero-order valence-corrected chi connectivity index (χ0v) is 14.8. The van der Waals surface area contributed by atoms with Gasteiger partial charge >= 0.3 is 0 Å². The number of fused-ring (bicyclic) bond motifs is 1. The van der Waals surface area contributed by atoms with Gasteiger partial charge in [0.15, 0.2) is 0 Å². The molecule has 1 aliphatic heterocycles. The molecule has 1 atom stereocenters. The highest BCUT2D eigenvalue weighted by atomic mass is 32.1. The molecule has 0 aliphatic carbocycles. The number of ether oxygens (including phenoxy) is 1. The van der Waals surface area contributed by atoms with Gasteiger partial charge in [-0.15, -0.1) is 11.3 Å². The van der Waals surface area contributed by atoms with E-state index in [9.17, 15) is 9.59 Å². The molecule has 6 heteroatoms. The number of methoxy groups -OCH3 is 1. The number of carbonyl (C=O) groups excluding carboxylic acids is 2. The topological polar surface area (TPSA) is 58.6 Å². The Labute approximate surface area is 145 Å². The molecule has 128 valence electrons. The quantitative estimate of drug-likeness (QED) is 0.847. The maximum absolute atomic E-state index is 12.6. The molecule has 0 saturated carbocycles. The molecule has 0 radical (unpaired) electrons. The highest BCUT2D eigenvalue weighted by molar-refractivity contribution is 7.21. The summed E-state index contributed by atoms with van der Waals surface area (Å²) in [7, 11) is 1.62. The van der Waals surface area contributed by atoms with Crippen molar-refractivity contribution < 1.29 is 14.3 Å². The van der Waals surface area contributed by atoms with Crippen molar-refractivity contribution in [2.24, 2.45) is 0 Å². The standard InChI is InChI=1S/C18H22N2O3S/c1-12(21)20-9-7-13(11-20)16-14-5-3-4-6-15(14)24-17(16)18(22)19-8-10-23-2/h3-6,13H,7-11H2,1-2H3,(H,19,22). The fraction of sp³-hybridized carbons (Fsp3) is 0.444. The summed E-state index contributed by atoms with van der Waals surface area (Å²) >= 11 is 1.53. The highest BCUT2D eigenvalue weighted by Crippen LogP contribution is 2.40. The maximum Gasteiger partial charge on any atom is 0.261 e. The number of carbonyl (C=O) groups is 2. The first-order valence-corrected chi connectivity index (χ1v) is 8.97. The fourth-order valence-corrected chi connectivity index (χ4v) is 4.47. The lowest BCUT2D eigenvalue weighted by Gasteiger charge is -2.15. The van der Waals surface area contributed by atoms with Crippen molar-refractivity contribution >= 4 is 33.2 Å². The minimum Gasteiger partial charge on any atom is -0.383 e. The molecule has 1 aliphatic rings. The van der Waals surface area contributed by atoms with Crippen molar-refractivity contribution in [2.75, 3.05) is 33.4 Å². The monoisotopic (exact) mass is 346 g/mol. The van der Waals surface area contributed by atoms with Gasteiger partial charge in [0, 0.05) is 44.3 Å². The Morgan fingerprint density at radius 1 is 1.38 bits per heavy atom. The number of rotatable bonds is 5. The molecule has 5 nitrogen and oxygen atoms in total. The molecule has 1 unspecified atom stereocenters. The van der Waals surface area contributed by atoms with E-state index in [1.54, 1.807) is 14.0 Å². The number of benzene rings is 1. The summed E-state index contributed by atoms with van der Waals surface area (Å²) in [5.74, 6) is 0.265. The summed E-state index contributed by atoms with van der Waals surface area (Å²) in [5.41, 5.74) is 1.09. The third-order valence-corrected chi connectivity index (χ3v) is 5.66. The minimum absolute atomic E-state index is 0.0514. The van der Waals surface area contributed by atoms with Crippen molar-refractivity contribution in [1.82, 2.24) is 10.2 Å². The Kier molecular flexibility index (Phi) is 5.16. The molecule has 2 amide bonds. The van der Waals surface area contributed by atoms with Crippen molar-refractivity contribution in [1.29, 1.82) is 0 Å². The Morgan fingerprint density at radius 3 is 2.88 bits per heavy atom. The van der Waals surface area contributed by atoms with Crippen LogP contribution < -0.4 is 5.32 Å². The van der Waals surface area contributed by atoms with Crippen LogP contribution in [0.2, 0.25) is 0 Å². The van der Waals surface area contributed by atoms with Crippen molar-refractivity contribution in [3.8, 4) is 0 Å². The van der Waals surface area contributed by atoms with E-state index in [0.29, 0.717) is 19.7 Å². The minimum atomic E-state index is -0.0514. The largest absolute Gasteiger partial charge is 0.383 e. The Hall–Kier alpha value is -1.92. The first-order chi connectivity index (χ1) is 11.6. The van der Waals surface area contributed by atoms with E-state index in [-0.39, 0.29) is 17.7 Å². The molecule has 1 saturated heterocycles. The van der Waals surface area contributed by atoms with Crippen molar-refractivity contribution in [3.05, 3.63) is 34.7 Å². The summed E-state index contributed by atoms with van der Waals surface area (Å²) in [5, 5.41) is 4.06. The average Bonchev–Trinajstić information content (AvgIpc) is 3.19. The van der Waals surface area contributed by atoms with Crippen LogP contribution in [0.25, 0.3) is 10.1 Å². The van der Waals surface area contributed by atoms with Gasteiger partial charge in [-0.05, 0) is 23.4 Å². The number of hydrogen-bond donors (Lipinski definition) is 1. The predicted molar refractivity (Wildman–Crippen MR) is 95.6 cm³/mol. The number of likely N-dealkylation sites (tertiary alicyclic amines) is 1. The van der Waals surface area contributed by atoms with Crippen LogP contribution in [0, 0.1) is 0 Å². The van der Waals surface area contributed by atoms with E-state index in [1.807, 2.05) is 23.1 Å². The van der Waals surface area contributed by atoms with Gasteiger partial charge in [0.05, 0.1) is 11.5 Å². The van der Waals surface area contributed by atoms with E-state index in [1.165, 1.54) is 11.3 Å². The number of nitrogens with one attached hydrogen (secondary N) is 1. The smallest absolute Gasteiger partial charge is 0.261 e. The summed E-state index contributed by atoms with van der Waals surface area (Å²) in [6.45, 7) is 4.04. The average molecular weight is 346 g/mol.